The second kappa shape index (κ2) is 7.48. The topological polar surface area (TPSA) is 81.3 Å². The summed E-state index contributed by atoms with van der Waals surface area (Å²) in [5.41, 5.74) is 2.74. The van der Waals surface area contributed by atoms with Crippen LogP contribution >= 0.6 is 0 Å². The minimum Gasteiger partial charge on any atom is -0.493 e. The van der Waals surface area contributed by atoms with Crippen LogP contribution < -0.4 is 19.5 Å². The molecule has 2 aromatic heterocycles. The number of methoxy groups -OCH3 is 3. The van der Waals surface area contributed by atoms with E-state index in [0.717, 1.165) is 22.2 Å². The molecule has 0 bridgehead atoms. The van der Waals surface area contributed by atoms with Crippen LogP contribution in [-0.2, 0) is 0 Å². The van der Waals surface area contributed by atoms with Gasteiger partial charge in [0.2, 0.25) is 5.75 Å². The third-order valence-electron chi connectivity index (χ3n) is 4.41. The molecule has 0 unspecified atom stereocenters. The average Bonchev–Trinajstić information content (AvgIpc) is 3.21. The second-order valence-electron chi connectivity index (χ2n) is 6.08. The van der Waals surface area contributed by atoms with Gasteiger partial charge in [-0.15, -0.1) is 0 Å². The number of benzene rings is 2. The average molecular weight is 376 g/mol. The van der Waals surface area contributed by atoms with Gasteiger partial charge < -0.3 is 24.5 Å². The summed E-state index contributed by atoms with van der Waals surface area (Å²) in [7, 11) is 4.74. The van der Waals surface area contributed by atoms with Gasteiger partial charge in [-0.05, 0) is 23.6 Å². The van der Waals surface area contributed by atoms with Gasteiger partial charge in [-0.1, -0.05) is 12.1 Å². The molecule has 28 heavy (non-hydrogen) atoms. The Morgan fingerprint density at radius 2 is 1.68 bits per heavy atom. The van der Waals surface area contributed by atoms with Crippen LogP contribution in [0.1, 0.15) is 0 Å². The lowest BCUT2D eigenvalue weighted by Gasteiger charge is -2.15. The number of hydrogen-bond acceptors (Lipinski definition) is 6. The van der Waals surface area contributed by atoms with E-state index in [1.807, 2.05) is 42.6 Å². The Bertz CT molecular complexity index is 1100. The van der Waals surface area contributed by atoms with Crippen LogP contribution in [0.3, 0.4) is 0 Å². The van der Waals surface area contributed by atoms with Gasteiger partial charge in [-0.2, -0.15) is 0 Å². The molecule has 0 radical (unpaired) electrons. The second-order valence-corrected chi connectivity index (χ2v) is 6.08. The first-order valence-electron chi connectivity index (χ1n) is 8.69. The molecule has 0 saturated heterocycles. The van der Waals surface area contributed by atoms with E-state index in [0.29, 0.717) is 28.9 Å². The van der Waals surface area contributed by atoms with Gasteiger partial charge in [-0.3, -0.25) is 0 Å². The minimum absolute atomic E-state index is 0.540. The number of anilines is 2. The first kappa shape index (κ1) is 17.7. The number of H-pyrrole nitrogens is 1. The summed E-state index contributed by atoms with van der Waals surface area (Å²) in [5, 5.41) is 4.42. The van der Waals surface area contributed by atoms with Crippen LogP contribution in [0.2, 0.25) is 0 Å². The number of ether oxygens (including phenoxy) is 3. The SMILES string of the molecule is COc1cc(Nc2ccnc(-c3ccc4cc[nH]c4c3)n2)cc(OC)c1OC. The first-order chi connectivity index (χ1) is 13.7. The Morgan fingerprint density at radius 3 is 2.39 bits per heavy atom. The molecule has 2 heterocycles. The Hall–Kier alpha value is -3.74. The van der Waals surface area contributed by atoms with Crippen LogP contribution in [0.25, 0.3) is 22.3 Å². The van der Waals surface area contributed by atoms with E-state index < -0.39 is 0 Å². The fourth-order valence-electron chi connectivity index (χ4n) is 3.06. The largest absolute Gasteiger partial charge is 0.493 e. The molecule has 7 nitrogen and oxygen atoms in total. The highest BCUT2D eigenvalue weighted by molar-refractivity contribution is 5.83. The fourth-order valence-corrected chi connectivity index (χ4v) is 3.06. The lowest BCUT2D eigenvalue weighted by Crippen LogP contribution is -2.00. The van der Waals surface area contributed by atoms with Gasteiger partial charge in [0.25, 0.3) is 0 Å². The number of hydrogen-bond donors (Lipinski definition) is 2. The summed E-state index contributed by atoms with van der Waals surface area (Å²) in [5.74, 6) is 2.96. The van der Waals surface area contributed by atoms with E-state index in [1.54, 1.807) is 33.6 Å². The van der Waals surface area contributed by atoms with Crippen molar-refractivity contribution in [2.45, 2.75) is 0 Å². The molecule has 0 atom stereocenters. The van der Waals surface area contributed by atoms with Crippen molar-refractivity contribution in [3.63, 3.8) is 0 Å². The van der Waals surface area contributed by atoms with Gasteiger partial charge in [0.05, 0.1) is 21.3 Å². The first-order valence-corrected chi connectivity index (χ1v) is 8.69. The maximum Gasteiger partial charge on any atom is 0.203 e. The lowest BCUT2D eigenvalue weighted by molar-refractivity contribution is 0.324. The fraction of sp³-hybridized carbons (Fsp3) is 0.143. The van der Waals surface area contributed by atoms with Gasteiger partial charge in [0.1, 0.15) is 5.82 Å². The van der Waals surface area contributed by atoms with Crippen LogP contribution in [0.4, 0.5) is 11.5 Å². The predicted octanol–water partition coefficient (Wildman–Crippen LogP) is 4.39. The van der Waals surface area contributed by atoms with Crippen molar-refractivity contribution < 1.29 is 14.2 Å². The minimum atomic E-state index is 0.540. The third kappa shape index (κ3) is 3.29. The zero-order valence-corrected chi connectivity index (χ0v) is 15.8. The van der Waals surface area contributed by atoms with Crippen molar-refractivity contribution in [2.24, 2.45) is 0 Å². The molecule has 4 aromatic rings. The summed E-state index contributed by atoms with van der Waals surface area (Å²) < 4.78 is 16.2. The molecular weight excluding hydrogens is 356 g/mol. The normalized spacial score (nSPS) is 10.7. The van der Waals surface area contributed by atoms with E-state index in [4.69, 9.17) is 14.2 Å². The quantitative estimate of drug-likeness (QED) is 0.519. The number of aromatic amines is 1. The molecular formula is C21H20N4O3. The van der Waals surface area contributed by atoms with E-state index in [1.165, 1.54) is 0 Å². The van der Waals surface area contributed by atoms with Crippen molar-refractivity contribution >= 4 is 22.4 Å². The molecule has 2 N–H and O–H groups in total. The Labute approximate surface area is 162 Å². The predicted molar refractivity (Wildman–Crippen MR) is 109 cm³/mol. The van der Waals surface area contributed by atoms with Crippen LogP contribution in [-0.4, -0.2) is 36.3 Å². The summed E-state index contributed by atoms with van der Waals surface area (Å²) in [6, 6.07) is 13.6. The van der Waals surface area contributed by atoms with E-state index >= 15 is 0 Å². The number of nitrogens with zero attached hydrogens (tertiary/aromatic N) is 2. The molecule has 0 aliphatic carbocycles. The van der Waals surface area contributed by atoms with E-state index in [2.05, 4.69) is 20.3 Å². The van der Waals surface area contributed by atoms with Gasteiger partial charge in [0, 0.05) is 41.3 Å². The van der Waals surface area contributed by atoms with Crippen molar-refractivity contribution in [2.75, 3.05) is 26.6 Å². The molecule has 0 fully saturated rings. The number of rotatable bonds is 6. The molecule has 0 spiro atoms. The molecule has 0 saturated carbocycles. The molecule has 2 aromatic carbocycles. The van der Waals surface area contributed by atoms with Crippen LogP contribution in [0, 0.1) is 0 Å². The molecule has 0 amide bonds. The Kier molecular flexibility index (Phi) is 4.72. The van der Waals surface area contributed by atoms with Crippen LogP contribution in [0.15, 0.2) is 54.9 Å². The summed E-state index contributed by atoms with van der Waals surface area (Å²) in [6.07, 6.45) is 3.64. The highest BCUT2D eigenvalue weighted by Crippen LogP contribution is 2.40. The van der Waals surface area contributed by atoms with Gasteiger partial charge >= 0.3 is 0 Å². The van der Waals surface area contributed by atoms with Crippen molar-refractivity contribution in [3.8, 4) is 28.6 Å². The zero-order chi connectivity index (χ0) is 19.5. The summed E-state index contributed by atoms with van der Waals surface area (Å²) in [4.78, 5) is 12.2. The zero-order valence-electron chi connectivity index (χ0n) is 15.8. The van der Waals surface area contributed by atoms with E-state index in [9.17, 15) is 0 Å². The highest BCUT2D eigenvalue weighted by Gasteiger charge is 2.14. The molecule has 0 aliphatic rings. The molecule has 0 aliphatic heterocycles. The van der Waals surface area contributed by atoms with Crippen LogP contribution in [0.5, 0.6) is 17.2 Å². The van der Waals surface area contributed by atoms with Gasteiger partial charge in [-0.25, -0.2) is 9.97 Å². The maximum absolute atomic E-state index is 5.40. The smallest absolute Gasteiger partial charge is 0.203 e. The highest BCUT2D eigenvalue weighted by atomic mass is 16.5. The van der Waals surface area contributed by atoms with Gasteiger partial charge in [0.15, 0.2) is 17.3 Å². The summed E-state index contributed by atoms with van der Waals surface area (Å²) >= 11 is 0. The maximum atomic E-state index is 5.40. The summed E-state index contributed by atoms with van der Waals surface area (Å²) in [6.45, 7) is 0. The van der Waals surface area contributed by atoms with Crippen molar-refractivity contribution in [3.05, 3.63) is 54.9 Å². The molecule has 7 heteroatoms. The standard InChI is InChI=1S/C21H20N4O3/c1-26-17-11-15(12-18(27-2)20(17)28-3)24-19-7-9-23-21(25-19)14-5-4-13-6-8-22-16(13)10-14/h4-12,22H,1-3H3,(H,23,24,25). The number of aromatic nitrogens is 3. The number of nitrogens with one attached hydrogen (secondary N) is 2. The lowest BCUT2D eigenvalue weighted by atomic mass is 10.1. The van der Waals surface area contributed by atoms with E-state index in [-0.39, 0.29) is 0 Å². The molecule has 142 valence electrons. The Balaban J connectivity index is 1.66. The number of fused-ring (bicyclic) bond motifs is 1. The van der Waals surface area contributed by atoms with Crippen molar-refractivity contribution in [1.82, 2.24) is 15.0 Å². The molecule has 4 rings (SSSR count). The third-order valence-corrected chi connectivity index (χ3v) is 4.41. The Morgan fingerprint density at radius 1 is 0.893 bits per heavy atom. The monoisotopic (exact) mass is 376 g/mol. The van der Waals surface area contributed by atoms with Crippen molar-refractivity contribution in [1.29, 1.82) is 0 Å².